The fourth-order valence-electron chi connectivity index (χ4n) is 4.61. The molecule has 0 saturated carbocycles. The van der Waals surface area contributed by atoms with Gasteiger partial charge >= 0.3 is 12.1 Å². The second-order valence-electron chi connectivity index (χ2n) is 11.4. The summed E-state index contributed by atoms with van der Waals surface area (Å²) in [6, 6.07) is 21.7. The van der Waals surface area contributed by atoms with Crippen molar-refractivity contribution in [3.63, 3.8) is 0 Å². The van der Waals surface area contributed by atoms with Crippen LogP contribution in [0.3, 0.4) is 0 Å². The minimum absolute atomic E-state index is 0.147. The van der Waals surface area contributed by atoms with Crippen molar-refractivity contribution in [1.82, 2.24) is 10.2 Å². The van der Waals surface area contributed by atoms with Crippen LogP contribution in [0.2, 0.25) is 0 Å². The normalized spacial score (nSPS) is 11.5. The molecule has 4 rings (SSSR count). The number of ether oxygens (including phenoxy) is 3. The number of carbonyl (C=O) groups excluding carboxylic acids is 2. The second kappa shape index (κ2) is 13.6. The van der Waals surface area contributed by atoms with Crippen LogP contribution in [0.15, 0.2) is 71.1 Å². The van der Waals surface area contributed by atoms with Gasteiger partial charge in [-0.1, -0.05) is 36.4 Å². The third-order valence-electron chi connectivity index (χ3n) is 6.28. The Morgan fingerprint density at radius 3 is 2.48 bits per heavy atom. The van der Waals surface area contributed by atoms with Crippen molar-refractivity contribution in [2.75, 3.05) is 20.7 Å². The first-order valence-electron chi connectivity index (χ1n) is 14.1. The van der Waals surface area contributed by atoms with Crippen LogP contribution >= 0.6 is 0 Å². The third kappa shape index (κ3) is 8.60. The van der Waals surface area contributed by atoms with Crippen molar-refractivity contribution in [2.24, 2.45) is 0 Å². The highest BCUT2D eigenvalue weighted by Gasteiger charge is 2.17. The molecule has 0 aliphatic rings. The maximum atomic E-state index is 12.2. The largest absolute Gasteiger partial charge is 0.489 e. The van der Waals surface area contributed by atoms with Crippen molar-refractivity contribution in [3.05, 3.63) is 89.2 Å². The molecule has 1 amide bonds. The van der Waals surface area contributed by atoms with Crippen LogP contribution in [-0.4, -0.2) is 43.3 Å². The smallest absolute Gasteiger partial charge is 0.407 e. The molecule has 4 aromatic rings. The molecule has 1 aromatic heterocycles. The van der Waals surface area contributed by atoms with Gasteiger partial charge in [0.2, 0.25) is 0 Å². The lowest BCUT2D eigenvalue weighted by atomic mass is 9.99. The molecule has 0 bridgehead atoms. The van der Waals surface area contributed by atoms with Crippen molar-refractivity contribution in [3.8, 4) is 16.9 Å². The third-order valence-corrected chi connectivity index (χ3v) is 6.28. The highest BCUT2D eigenvalue weighted by atomic mass is 16.6. The molecule has 1 heterocycles. The summed E-state index contributed by atoms with van der Waals surface area (Å²) in [6.45, 7) is 8.94. The number of amides is 1. The molecule has 8 nitrogen and oxygen atoms in total. The maximum absolute atomic E-state index is 12.2. The molecule has 0 unspecified atom stereocenters. The Morgan fingerprint density at radius 1 is 0.952 bits per heavy atom. The predicted octanol–water partition coefficient (Wildman–Crippen LogP) is 6.87. The van der Waals surface area contributed by atoms with Crippen molar-refractivity contribution < 1.29 is 28.2 Å². The minimum atomic E-state index is -0.567. The van der Waals surface area contributed by atoms with Crippen LogP contribution in [0.4, 0.5) is 4.79 Å². The Balaban J connectivity index is 1.63. The highest BCUT2D eigenvalue weighted by Crippen LogP contribution is 2.34. The van der Waals surface area contributed by atoms with E-state index in [0.29, 0.717) is 32.1 Å². The molecule has 0 aliphatic carbocycles. The zero-order valence-electron chi connectivity index (χ0n) is 25.3. The van der Waals surface area contributed by atoms with Gasteiger partial charge < -0.3 is 28.8 Å². The Labute approximate surface area is 247 Å². The second-order valence-corrected chi connectivity index (χ2v) is 11.4. The summed E-state index contributed by atoms with van der Waals surface area (Å²) in [5.74, 6) is 1.21. The van der Waals surface area contributed by atoms with Crippen LogP contribution in [0.25, 0.3) is 22.1 Å². The van der Waals surface area contributed by atoms with Crippen LogP contribution in [0.5, 0.6) is 5.75 Å². The summed E-state index contributed by atoms with van der Waals surface area (Å²) < 4.78 is 23.1. The van der Waals surface area contributed by atoms with E-state index in [2.05, 4.69) is 28.4 Å². The van der Waals surface area contributed by atoms with Gasteiger partial charge in [-0.2, -0.15) is 0 Å². The number of fused-ring (bicyclic) bond motifs is 1. The molecule has 0 atom stereocenters. The van der Waals surface area contributed by atoms with E-state index in [1.807, 2.05) is 83.4 Å². The fraction of sp³-hybridized carbons (Fsp3) is 0.353. The number of furan rings is 1. The standard InChI is InChI=1S/C34H40N2O6/c1-7-39-31(37)19-26-12-8-9-14-30(26)40-22-24-16-27-18-28(21-36(5)6)41-32(27)29(17-24)25-13-10-11-23(15-25)20-35-33(38)42-34(2,3)4/h8-18H,7,19-22H2,1-6H3,(H,35,38). The minimum Gasteiger partial charge on any atom is -0.489 e. The van der Waals surface area contributed by atoms with Gasteiger partial charge in [-0.3, -0.25) is 4.79 Å². The van der Waals surface area contributed by atoms with Crippen LogP contribution in [-0.2, 0) is 40.4 Å². The molecule has 0 aliphatic heterocycles. The quantitative estimate of drug-likeness (QED) is 0.196. The van der Waals surface area contributed by atoms with Gasteiger partial charge in [0.15, 0.2) is 0 Å². The van der Waals surface area contributed by atoms with E-state index in [1.165, 1.54) is 0 Å². The average molecular weight is 573 g/mol. The maximum Gasteiger partial charge on any atom is 0.407 e. The molecule has 222 valence electrons. The number of nitrogens with zero attached hydrogens (tertiary/aromatic N) is 1. The van der Waals surface area contributed by atoms with E-state index in [-0.39, 0.29) is 12.4 Å². The first-order chi connectivity index (χ1) is 20.0. The topological polar surface area (TPSA) is 90.2 Å². The van der Waals surface area contributed by atoms with E-state index in [4.69, 9.17) is 18.6 Å². The number of para-hydroxylation sites is 1. The van der Waals surface area contributed by atoms with Crippen molar-refractivity contribution >= 4 is 23.0 Å². The number of esters is 1. The van der Waals surface area contributed by atoms with Gasteiger partial charge in [-0.25, -0.2) is 4.79 Å². The number of nitrogens with one attached hydrogen (secondary N) is 1. The lowest BCUT2D eigenvalue weighted by molar-refractivity contribution is -0.142. The lowest BCUT2D eigenvalue weighted by Crippen LogP contribution is -2.32. The Morgan fingerprint density at radius 2 is 1.74 bits per heavy atom. The van der Waals surface area contributed by atoms with Gasteiger partial charge in [-0.05, 0) is 88.8 Å². The van der Waals surface area contributed by atoms with E-state index < -0.39 is 11.7 Å². The van der Waals surface area contributed by atoms with E-state index in [0.717, 1.165) is 44.5 Å². The van der Waals surface area contributed by atoms with Crippen molar-refractivity contribution in [1.29, 1.82) is 0 Å². The molecule has 8 heteroatoms. The van der Waals surface area contributed by atoms with E-state index >= 15 is 0 Å². The number of alkyl carbamates (subject to hydrolysis) is 1. The van der Waals surface area contributed by atoms with Crippen molar-refractivity contribution in [2.45, 2.75) is 59.4 Å². The predicted molar refractivity (Wildman–Crippen MR) is 163 cm³/mol. The van der Waals surface area contributed by atoms with Gasteiger partial charge in [0.1, 0.15) is 29.3 Å². The first kappa shape index (κ1) is 30.7. The summed E-state index contributed by atoms with van der Waals surface area (Å²) in [5, 5.41) is 3.80. The first-order valence-corrected chi connectivity index (χ1v) is 14.1. The number of hydrogen-bond acceptors (Lipinski definition) is 7. The monoisotopic (exact) mass is 572 g/mol. The summed E-state index contributed by atoms with van der Waals surface area (Å²) >= 11 is 0. The van der Waals surface area contributed by atoms with Crippen LogP contribution in [0.1, 0.15) is 50.1 Å². The summed E-state index contributed by atoms with van der Waals surface area (Å²) in [5.41, 5.74) is 4.77. The van der Waals surface area contributed by atoms with Crippen LogP contribution in [0, 0.1) is 0 Å². The molecule has 1 N–H and O–H groups in total. The van der Waals surface area contributed by atoms with E-state index in [9.17, 15) is 9.59 Å². The molecular weight excluding hydrogens is 532 g/mol. The van der Waals surface area contributed by atoms with Gasteiger partial charge in [0, 0.05) is 23.1 Å². The molecule has 0 saturated heterocycles. The zero-order valence-corrected chi connectivity index (χ0v) is 25.3. The fourth-order valence-corrected chi connectivity index (χ4v) is 4.61. The molecule has 0 fully saturated rings. The highest BCUT2D eigenvalue weighted by molar-refractivity contribution is 5.93. The van der Waals surface area contributed by atoms with Gasteiger partial charge in [0.05, 0.1) is 19.6 Å². The zero-order chi connectivity index (χ0) is 30.3. The molecule has 3 aromatic carbocycles. The lowest BCUT2D eigenvalue weighted by Gasteiger charge is -2.19. The summed E-state index contributed by atoms with van der Waals surface area (Å²) in [4.78, 5) is 26.4. The molecule has 0 spiro atoms. The number of hydrogen-bond donors (Lipinski definition) is 1. The molecule has 0 radical (unpaired) electrons. The molecular formula is C34H40N2O6. The molecule has 42 heavy (non-hydrogen) atoms. The average Bonchev–Trinajstić information content (AvgIpc) is 3.32. The Hall–Kier alpha value is -4.30. The number of carbonyl (C=O) groups is 2. The number of benzene rings is 3. The summed E-state index contributed by atoms with van der Waals surface area (Å²) in [7, 11) is 4.00. The Bertz CT molecular complexity index is 1530. The number of rotatable bonds is 11. The Kier molecular flexibility index (Phi) is 9.91. The van der Waals surface area contributed by atoms with Gasteiger partial charge in [0.25, 0.3) is 0 Å². The van der Waals surface area contributed by atoms with Crippen LogP contribution < -0.4 is 10.1 Å². The summed E-state index contributed by atoms with van der Waals surface area (Å²) in [6.07, 6.45) is -0.314. The van der Waals surface area contributed by atoms with Gasteiger partial charge in [-0.15, -0.1) is 0 Å². The van der Waals surface area contributed by atoms with E-state index in [1.54, 1.807) is 6.92 Å². The SMILES string of the molecule is CCOC(=O)Cc1ccccc1OCc1cc(-c2cccc(CNC(=O)OC(C)(C)C)c2)c2oc(CN(C)C)cc2c1.